The molecule has 0 spiro atoms. The molecule has 1 unspecified atom stereocenters. The van der Waals surface area contributed by atoms with Crippen LogP contribution in [0.2, 0.25) is 0 Å². The monoisotopic (exact) mass is 360 g/mol. The van der Waals surface area contributed by atoms with Crippen LogP contribution in [-0.2, 0) is 9.59 Å². The Hall–Kier alpha value is 1.95. The molecule has 0 amide bonds. The van der Waals surface area contributed by atoms with E-state index in [1.165, 1.54) is 38.5 Å². The number of hydrogen-bond acceptors (Lipinski definition) is 4. The summed E-state index contributed by atoms with van der Waals surface area (Å²) in [7, 11) is 0. The van der Waals surface area contributed by atoms with Gasteiger partial charge in [-0.05, 0) is 25.7 Å². The zero-order valence-corrected chi connectivity index (χ0v) is 20.7. The van der Waals surface area contributed by atoms with E-state index in [1.807, 2.05) is 6.08 Å². The molecule has 0 rings (SSSR count). The Morgan fingerprint density at radius 3 is 1.95 bits per heavy atom. The van der Waals surface area contributed by atoms with E-state index in [9.17, 15) is 19.8 Å². The van der Waals surface area contributed by atoms with Crippen LogP contribution in [-0.4, -0.2) is 11.9 Å². The minimum atomic E-state index is -1.35. The summed E-state index contributed by atoms with van der Waals surface area (Å²) < 4.78 is 0. The molecule has 0 saturated carbocycles. The Morgan fingerprint density at radius 1 is 0.909 bits per heavy atom. The topological polar surface area (TPSA) is 80.3 Å². The first kappa shape index (κ1) is 28.7. The number of carboxylic acid groups (broad SMARTS) is 2. The van der Waals surface area contributed by atoms with Crippen molar-refractivity contribution in [1.82, 2.24) is 0 Å². The van der Waals surface area contributed by atoms with Gasteiger partial charge in [-0.15, -0.1) is 0 Å². The van der Waals surface area contributed by atoms with E-state index in [1.54, 1.807) is 6.08 Å². The van der Waals surface area contributed by atoms with Gasteiger partial charge in [0.15, 0.2) is 0 Å². The molecule has 0 heterocycles. The molecule has 0 aromatic rings. The molecule has 0 aromatic heterocycles. The predicted molar refractivity (Wildman–Crippen MR) is 74.5 cm³/mol. The molecule has 116 valence electrons. The van der Waals surface area contributed by atoms with Gasteiger partial charge >= 0.3 is 103 Å². The van der Waals surface area contributed by atoms with Crippen LogP contribution in [0, 0.1) is 5.92 Å². The van der Waals surface area contributed by atoms with Gasteiger partial charge in [0.05, 0.1) is 0 Å². The van der Waals surface area contributed by atoms with E-state index < -0.39 is 24.3 Å². The Kier molecular flexibility index (Phi) is 27.4. The fourth-order valence-corrected chi connectivity index (χ4v) is 2.06. The zero-order valence-electron chi connectivity index (χ0n) is 14.4. The molecule has 6 heteroatoms. The molecule has 4 nitrogen and oxygen atoms in total. The average molecular weight is 361 g/mol. The van der Waals surface area contributed by atoms with Crippen molar-refractivity contribution < 1.29 is 123 Å². The third kappa shape index (κ3) is 20.0. The fourth-order valence-electron chi connectivity index (χ4n) is 2.06. The molecule has 0 fully saturated rings. The first-order valence-electron chi connectivity index (χ1n) is 7.63. The molecular weight excluding hydrogens is 334 g/mol. The van der Waals surface area contributed by atoms with E-state index in [0.717, 1.165) is 12.8 Å². The number of carbonyl (C=O) groups excluding carboxylic acids is 2. The van der Waals surface area contributed by atoms with E-state index >= 15 is 0 Å². The number of unbranched alkanes of at least 4 members (excludes halogenated alkanes) is 7. The second-order valence-corrected chi connectivity index (χ2v) is 5.21. The second kappa shape index (κ2) is 21.0. The molecule has 0 N–H and O–H groups in total. The van der Waals surface area contributed by atoms with Gasteiger partial charge in [0, 0.05) is 17.9 Å². The first-order chi connectivity index (χ1) is 9.57. The van der Waals surface area contributed by atoms with E-state index in [2.05, 4.69) is 6.92 Å². The molecule has 0 aliphatic heterocycles. The van der Waals surface area contributed by atoms with Crippen LogP contribution in [0.3, 0.4) is 0 Å². The van der Waals surface area contributed by atoms with Gasteiger partial charge in [-0.1, -0.05) is 57.6 Å². The van der Waals surface area contributed by atoms with Gasteiger partial charge in [0.2, 0.25) is 0 Å². The summed E-state index contributed by atoms with van der Waals surface area (Å²) >= 11 is 0. The van der Waals surface area contributed by atoms with Gasteiger partial charge < -0.3 is 19.8 Å². The van der Waals surface area contributed by atoms with Crippen molar-refractivity contribution in [2.24, 2.45) is 5.92 Å². The molecule has 0 aliphatic carbocycles. The van der Waals surface area contributed by atoms with Crippen molar-refractivity contribution in [3.63, 3.8) is 0 Å². The van der Waals surface area contributed by atoms with Crippen LogP contribution >= 0.6 is 0 Å². The molecular formula is C16H26K2O4. The van der Waals surface area contributed by atoms with Crippen molar-refractivity contribution in [2.75, 3.05) is 0 Å². The van der Waals surface area contributed by atoms with Crippen molar-refractivity contribution in [3.8, 4) is 0 Å². The van der Waals surface area contributed by atoms with Crippen LogP contribution in [0.15, 0.2) is 12.2 Å². The molecule has 0 bridgehead atoms. The molecule has 1 atom stereocenters. The number of hydrogen-bond donors (Lipinski definition) is 0. The van der Waals surface area contributed by atoms with Crippen molar-refractivity contribution >= 4 is 11.9 Å². The third-order valence-electron chi connectivity index (χ3n) is 3.31. The van der Waals surface area contributed by atoms with E-state index in [0.29, 0.717) is 0 Å². The molecule has 0 aromatic carbocycles. The molecule has 22 heavy (non-hydrogen) atoms. The Morgan fingerprint density at radius 2 is 1.45 bits per heavy atom. The van der Waals surface area contributed by atoms with Gasteiger partial charge in [-0.25, -0.2) is 0 Å². The minimum Gasteiger partial charge on any atom is -0.550 e. The summed E-state index contributed by atoms with van der Waals surface area (Å²) in [4.78, 5) is 21.1. The van der Waals surface area contributed by atoms with Crippen molar-refractivity contribution in [1.29, 1.82) is 0 Å². The smallest absolute Gasteiger partial charge is 0.550 e. The molecule has 0 radical (unpaired) electrons. The van der Waals surface area contributed by atoms with Crippen LogP contribution in [0.1, 0.15) is 71.1 Å². The number of rotatable bonds is 13. The number of carboxylic acids is 2. The second-order valence-electron chi connectivity index (χ2n) is 5.21. The standard InChI is InChI=1S/C16H28O4.2K/c1-2-3-4-5-6-7-8-9-10-11-12-14(16(19)20)13-15(17)18;;/h10-11,14H,2-9,12-13H2,1H3,(H,17,18)(H,19,20);;/q;2*+1/p-2. The summed E-state index contributed by atoms with van der Waals surface area (Å²) in [5, 5.41) is 21.1. The Bertz CT molecular complexity index is 307. The van der Waals surface area contributed by atoms with E-state index in [-0.39, 0.29) is 109 Å². The summed E-state index contributed by atoms with van der Waals surface area (Å²) in [5.74, 6) is -3.65. The zero-order chi connectivity index (χ0) is 15.2. The Labute approximate surface area is 219 Å². The maximum Gasteiger partial charge on any atom is 1.00 e. The van der Waals surface area contributed by atoms with Gasteiger partial charge in [0.25, 0.3) is 0 Å². The number of carbonyl (C=O) groups is 2. The molecule has 0 saturated heterocycles. The van der Waals surface area contributed by atoms with Crippen LogP contribution < -0.4 is 113 Å². The fraction of sp³-hybridized carbons (Fsp3) is 0.750. The summed E-state index contributed by atoms with van der Waals surface area (Å²) in [6.45, 7) is 2.20. The van der Waals surface area contributed by atoms with Crippen LogP contribution in [0.4, 0.5) is 0 Å². The van der Waals surface area contributed by atoms with Gasteiger partial charge in [-0.2, -0.15) is 0 Å². The minimum absolute atomic E-state index is 0. The Balaban J connectivity index is -0.00000180. The maximum absolute atomic E-state index is 10.7. The predicted octanol–water partition coefficient (Wildman–Crippen LogP) is -4.41. The number of aliphatic carboxylic acids is 2. The maximum atomic E-state index is 10.7. The van der Waals surface area contributed by atoms with Gasteiger partial charge in [0.1, 0.15) is 0 Å². The molecule has 0 aliphatic rings. The summed E-state index contributed by atoms with van der Waals surface area (Å²) in [6, 6.07) is 0. The van der Waals surface area contributed by atoms with Crippen molar-refractivity contribution in [2.45, 2.75) is 71.1 Å². The normalized spacial score (nSPS) is 11.5. The average Bonchev–Trinajstić information content (AvgIpc) is 2.39. The number of allylic oxidation sites excluding steroid dienone is 2. The first-order valence-corrected chi connectivity index (χ1v) is 7.63. The quantitative estimate of drug-likeness (QED) is 0.189. The van der Waals surface area contributed by atoms with Crippen LogP contribution in [0.25, 0.3) is 0 Å². The summed E-state index contributed by atoms with van der Waals surface area (Å²) in [5.41, 5.74) is 0. The summed E-state index contributed by atoms with van der Waals surface area (Å²) in [6.07, 6.45) is 13.0. The van der Waals surface area contributed by atoms with Crippen molar-refractivity contribution in [3.05, 3.63) is 12.2 Å². The van der Waals surface area contributed by atoms with Gasteiger partial charge in [-0.3, -0.25) is 0 Å². The largest absolute Gasteiger partial charge is 1.00 e. The van der Waals surface area contributed by atoms with Crippen LogP contribution in [0.5, 0.6) is 0 Å². The van der Waals surface area contributed by atoms with E-state index in [4.69, 9.17) is 0 Å². The SMILES string of the molecule is CCCCCCCCCC=CCC(CC(=O)[O-])C(=O)[O-].[K+].[K+]. The third-order valence-corrected chi connectivity index (χ3v) is 3.31.